The molecule has 0 amide bonds. The zero-order valence-electron chi connectivity index (χ0n) is 9.34. The van der Waals surface area contributed by atoms with Crippen LogP contribution in [0.3, 0.4) is 0 Å². The lowest BCUT2D eigenvalue weighted by Gasteiger charge is -2.13. The van der Waals surface area contributed by atoms with Gasteiger partial charge in [-0.25, -0.2) is 0 Å². The Morgan fingerprint density at radius 1 is 1.35 bits per heavy atom. The minimum absolute atomic E-state index is 0.0276. The second-order valence-corrected chi connectivity index (χ2v) is 3.52. The van der Waals surface area contributed by atoms with E-state index in [1.54, 1.807) is 6.07 Å². The fourth-order valence-electron chi connectivity index (χ4n) is 1.27. The number of hydrogen-bond donors (Lipinski definition) is 0. The summed E-state index contributed by atoms with van der Waals surface area (Å²) in [5.41, 5.74) is -0.923. The Kier molecular flexibility index (Phi) is 4.38. The Morgan fingerprint density at radius 2 is 2.06 bits per heavy atom. The number of nitrogens with zero attached hydrogens (tertiary/aromatic N) is 1. The number of hydrogen-bond acceptors (Lipinski definition) is 2. The first-order chi connectivity index (χ1) is 7.99. The van der Waals surface area contributed by atoms with Gasteiger partial charge in [-0.3, -0.25) is 0 Å². The van der Waals surface area contributed by atoms with E-state index in [0.717, 1.165) is 12.5 Å². The van der Waals surface area contributed by atoms with E-state index < -0.39 is 11.7 Å². The Labute approximate surface area is 97.6 Å². The molecule has 0 fully saturated rings. The smallest absolute Gasteiger partial charge is 0.420 e. The molecule has 2 nitrogen and oxygen atoms in total. The summed E-state index contributed by atoms with van der Waals surface area (Å²) in [6.45, 7) is 2.16. The summed E-state index contributed by atoms with van der Waals surface area (Å²) < 4.78 is 43.1. The van der Waals surface area contributed by atoms with Crippen LogP contribution in [-0.2, 0) is 6.18 Å². The fraction of sp³-hybridized carbons (Fsp3) is 0.417. The lowest BCUT2D eigenvalue weighted by atomic mass is 10.1. The Hall–Kier alpha value is -1.70. The maximum absolute atomic E-state index is 12.7. The molecule has 0 N–H and O–H groups in total. The molecule has 0 aromatic heterocycles. The summed E-state index contributed by atoms with van der Waals surface area (Å²) in [7, 11) is 0. The van der Waals surface area contributed by atoms with Gasteiger partial charge in [-0.1, -0.05) is 13.3 Å². The Morgan fingerprint density at radius 3 is 2.59 bits per heavy atom. The Bertz CT molecular complexity index is 421. The molecule has 0 saturated carbocycles. The van der Waals surface area contributed by atoms with Gasteiger partial charge in [0.2, 0.25) is 0 Å². The Balaban J connectivity index is 3.00. The van der Waals surface area contributed by atoms with Crippen molar-refractivity contribution in [3.63, 3.8) is 0 Å². The van der Waals surface area contributed by atoms with Crippen molar-refractivity contribution in [1.29, 1.82) is 5.26 Å². The maximum Gasteiger partial charge on any atom is 0.420 e. The topological polar surface area (TPSA) is 33.0 Å². The number of unbranched alkanes of at least 4 members (excludes halogenated alkanes) is 1. The molecule has 0 saturated heterocycles. The van der Waals surface area contributed by atoms with Crippen molar-refractivity contribution in [2.75, 3.05) is 6.61 Å². The van der Waals surface area contributed by atoms with E-state index in [2.05, 4.69) is 0 Å². The third kappa shape index (κ3) is 3.66. The van der Waals surface area contributed by atoms with Gasteiger partial charge in [0.1, 0.15) is 5.75 Å². The lowest BCUT2D eigenvalue weighted by molar-refractivity contribution is -0.139. The largest absolute Gasteiger partial charge is 0.493 e. The van der Waals surface area contributed by atoms with Crippen LogP contribution in [0.1, 0.15) is 30.9 Å². The lowest BCUT2D eigenvalue weighted by Crippen LogP contribution is -2.09. The molecular formula is C12H12F3NO. The van der Waals surface area contributed by atoms with E-state index in [-0.39, 0.29) is 17.9 Å². The first-order valence-electron chi connectivity index (χ1n) is 5.23. The average molecular weight is 243 g/mol. The van der Waals surface area contributed by atoms with Crippen molar-refractivity contribution in [3.8, 4) is 11.8 Å². The standard InChI is InChI=1S/C12H12F3NO/c1-2-3-6-17-11-5-4-9(8-16)7-10(11)12(13,14)15/h4-5,7H,2-3,6H2,1H3. The van der Waals surface area contributed by atoms with Gasteiger partial charge >= 0.3 is 6.18 Å². The van der Waals surface area contributed by atoms with Gasteiger partial charge in [0.25, 0.3) is 0 Å². The molecule has 0 aliphatic carbocycles. The van der Waals surface area contributed by atoms with Gasteiger partial charge in [0, 0.05) is 0 Å². The summed E-state index contributed by atoms with van der Waals surface area (Å²) >= 11 is 0. The minimum atomic E-state index is -4.51. The summed E-state index contributed by atoms with van der Waals surface area (Å²) in [5.74, 6) is -0.218. The van der Waals surface area contributed by atoms with E-state index >= 15 is 0 Å². The number of alkyl halides is 3. The third-order valence-corrected chi connectivity index (χ3v) is 2.17. The molecular weight excluding hydrogens is 231 g/mol. The van der Waals surface area contributed by atoms with Crippen molar-refractivity contribution in [3.05, 3.63) is 29.3 Å². The van der Waals surface area contributed by atoms with Gasteiger partial charge in [-0.2, -0.15) is 18.4 Å². The van der Waals surface area contributed by atoms with Crippen molar-refractivity contribution in [2.45, 2.75) is 25.9 Å². The van der Waals surface area contributed by atoms with Gasteiger partial charge in [0.05, 0.1) is 23.8 Å². The molecule has 1 aromatic rings. The van der Waals surface area contributed by atoms with Gasteiger partial charge < -0.3 is 4.74 Å². The molecule has 0 bridgehead atoms. The fourth-order valence-corrected chi connectivity index (χ4v) is 1.27. The van der Waals surface area contributed by atoms with Gasteiger partial charge in [-0.05, 0) is 24.6 Å². The molecule has 1 rings (SSSR count). The molecule has 17 heavy (non-hydrogen) atoms. The van der Waals surface area contributed by atoms with Crippen molar-refractivity contribution in [1.82, 2.24) is 0 Å². The first-order valence-corrected chi connectivity index (χ1v) is 5.23. The quantitative estimate of drug-likeness (QED) is 0.754. The normalized spacial score (nSPS) is 11.0. The number of benzene rings is 1. The van der Waals surface area contributed by atoms with Crippen molar-refractivity contribution in [2.24, 2.45) is 0 Å². The molecule has 0 atom stereocenters. The zero-order chi connectivity index (χ0) is 12.9. The number of halogens is 3. The zero-order valence-corrected chi connectivity index (χ0v) is 9.34. The SMILES string of the molecule is CCCCOc1ccc(C#N)cc1C(F)(F)F. The molecule has 0 unspecified atom stereocenters. The van der Waals surface area contributed by atoms with Gasteiger partial charge in [-0.15, -0.1) is 0 Å². The van der Waals surface area contributed by atoms with Crippen LogP contribution in [0.25, 0.3) is 0 Å². The minimum Gasteiger partial charge on any atom is -0.493 e. The molecule has 0 heterocycles. The van der Waals surface area contributed by atoms with Crippen LogP contribution < -0.4 is 4.74 Å². The van der Waals surface area contributed by atoms with Gasteiger partial charge in [0.15, 0.2) is 0 Å². The molecule has 0 radical (unpaired) electrons. The summed E-state index contributed by atoms with van der Waals surface area (Å²) in [4.78, 5) is 0. The highest BCUT2D eigenvalue weighted by atomic mass is 19.4. The van der Waals surface area contributed by atoms with E-state index in [0.29, 0.717) is 6.42 Å². The highest BCUT2D eigenvalue weighted by Gasteiger charge is 2.34. The summed E-state index contributed by atoms with van der Waals surface area (Å²) in [6.07, 6.45) is -2.97. The van der Waals surface area contributed by atoms with E-state index in [1.165, 1.54) is 12.1 Å². The van der Waals surface area contributed by atoms with E-state index in [1.807, 2.05) is 6.92 Å². The van der Waals surface area contributed by atoms with Crippen LogP contribution in [-0.4, -0.2) is 6.61 Å². The molecule has 1 aromatic carbocycles. The summed E-state index contributed by atoms with van der Waals surface area (Å²) in [6, 6.07) is 4.99. The first kappa shape index (κ1) is 13.4. The van der Waals surface area contributed by atoms with Crippen LogP contribution in [0.15, 0.2) is 18.2 Å². The highest BCUT2D eigenvalue weighted by molar-refractivity contribution is 5.43. The van der Waals surface area contributed by atoms with Crippen LogP contribution in [0.2, 0.25) is 0 Å². The van der Waals surface area contributed by atoms with Crippen molar-refractivity contribution < 1.29 is 17.9 Å². The predicted octanol–water partition coefficient (Wildman–Crippen LogP) is 3.76. The number of rotatable bonds is 4. The number of ether oxygens (including phenoxy) is 1. The van der Waals surface area contributed by atoms with Crippen LogP contribution in [0.4, 0.5) is 13.2 Å². The third-order valence-electron chi connectivity index (χ3n) is 2.17. The summed E-state index contributed by atoms with van der Waals surface area (Å²) in [5, 5.41) is 8.57. The van der Waals surface area contributed by atoms with E-state index in [4.69, 9.17) is 10.00 Å². The second kappa shape index (κ2) is 5.58. The van der Waals surface area contributed by atoms with Crippen molar-refractivity contribution >= 4 is 0 Å². The molecule has 0 aliphatic heterocycles. The van der Waals surface area contributed by atoms with Crippen LogP contribution >= 0.6 is 0 Å². The molecule has 92 valence electrons. The monoisotopic (exact) mass is 243 g/mol. The molecule has 0 spiro atoms. The second-order valence-electron chi connectivity index (χ2n) is 3.52. The maximum atomic E-state index is 12.7. The number of nitriles is 1. The van der Waals surface area contributed by atoms with Crippen LogP contribution in [0.5, 0.6) is 5.75 Å². The predicted molar refractivity (Wildman–Crippen MR) is 56.6 cm³/mol. The molecule has 5 heteroatoms. The van der Waals surface area contributed by atoms with Crippen LogP contribution in [0, 0.1) is 11.3 Å². The molecule has 0 aliphatic rings. The highest BCUT2D eigenvalue weighted by Crippen LogP contribution is 2.36. The van der Waals surface area contributed by atoms with E-state index in [9.17, 15) is 13.2 Å². The average Bonchev–Trinajstić information content (AvgIpc) is 2.28.